The molecule has 0 saturated carbocycles. The van der Waals surface area contributed by atoms with Crippen LogP contribution >= 0.6 is 0 Å². The molecular weight excluding hydrogens is 696 g/mol. The van der Waals surface area contributed by atoms with E-state index >= 15 is 0 Å². The quantitative estimate of drug-likeness (QED) is 0.105. The topological polar surface area (TPSA) is 221 Å². The Bertz CT molecular complexity index is 1220. The minimum absolute atomic E-state index is 0.173. The zero-order chi connectivity index (χ0) is 39.0. The zero-order valence-electron chi connectivity index (χ0n) is 31.0. The third-order valence-electron chi connectivity index (χ3n) is 7.67. The van der Waals surface area contributed by atoms with E-state index in [1.54, 1.807) is 0 Å². The van der Waals surface area contributed by atoms with E-state index in [1.165, 1.54) is 0 Å². The van der Waals surface area contributed by atoms with Crippen LogP contribution in [0.4, 0.5) is 0 Å². The first-order valence-electron chi connectivity index (χ1n) is 17.2. The fourth-order valence-electron chi connectivity index (χ4n) is 5.69. The fourth-order valence-corrected chi connectivity index (χ4v) is 5.69. The molecule has 2 aliphatic rings. The maximum atomic E-state index is 12.5. The first-order chi connectivity index (χ1) is 24.5. The van der Waals surface area contributed by atoms with Gasteiger partial charge in [-0.25, -0.2) is 0 Å². The molecule has 52 heavy (non-hydrogen) atoms. The second-order valence-corrected chi connectivity index (χ2v) is 12.3. The third kappa shape index (κ3) is 15.0. The Morgan fingerprint density at radius 2 is 0.827 bits per heavy atom. The van der Waals surface area contributed by atoms with Crippen molar-refractivity contribution >= 4 is 41.8 Å². The fraction of sp³-hybridized carbons (Fsp3) is 0.794. The van der Waals surface area contributed by atoms with E-state index in [9.17, 15) is 33.6 Å². The second-order valence-electron chi connectivity index (χ2n) is 12.3. The molecule has 2 saturated heterocycles. The van der Waals surface area contributed by atoms with Crippen molar-refractivity contribution in [3.63, 3.8) is 0 Å². The molecule has 0 aromatic rings. The zero-order valence-corrected chi connectivity index (χ0v) is 31.0. The third-order valence-corrected chi connectivity index (χ3v) is 7.67. The molecule has 0 spiro atoms. The van der Waals surface area contributed by atoms with Crippen molar-refractivity contribution in [3.05, 3.63) is 0 Å². The van der Waals surface area contributed by atoms with Gasteiger partial charge in [0.1, 0.15) is 31.5 Å². The van der Waals surface area contributed by atoms with Crippen LogP contribution in [0.3, 0.4) is 0 Å². The lowest BCUT2D eigenvalue weighted by Crippen LogP contribution is -2.67. The monoisotopic (exact) mass is 748 g/mol. The highest BCUT2D eigenvalue weighted by Crippen LogP contribution is 2.35. The summed E-state index contributed by atoms with van der Waals surface area (Å²) in [6.45, 7) is 8.89. The molecule has 2 heterocycles. The van der Waals surface area contributed by atoms with E-state index in [0.29, 0.717) is 6.42 Å². The summed E-state index contributed by atoms with van der Waals surface area (Å²) in [5, 5.41) is 0. The van der Waals surface area contributed by atoms with E-state index in [1.807, 2.05) is 0 Å². The summed E-state index contributed by atoms with van der Waals surface area (Å²) in [7, 11) is 0. The lowest BCUT2D eigenvalue weighted by molar-refractivity contribution is -0.361. The first kappa shape index (κ1) is 44.3. The normalized spacial score (nSPS) is 28.5. The van der Waals surface area contributed by atoms with E-state index in [4.69, 9.17) is 52.1 Å². The van der Waals surface area contributed by atoms with Crippen LogP contribution in [-0.2, 0) is 85.7 Å². The number of carbonyl (C=O) groups excluding carboxylic acids is 7. The number of hydrogen-bond acceptors (Lipinski definition) is 18. The maximum Gasteiger partial charge on any atom is 0.303 e. The van der Waals surface area contributed by atoms with Crippen LogP contribution in [0.15, 0.2) is 0 Å². The Balaban J connectivity index is 2.62. The van der Waals surface area contributed by atoms with Crippen molar-refractivity contribution in [2.45, 2.75) is 155 Å². The number of hydrogen-bond donors (Lipinski definition) is 0. The van der Waals surface area contributed by atoms with Crippen molar-refractivity contribution < 1.29 is 85.7 Å². The summed E-state index contributed by atoms with van der Waals surface area (Å²) in [4.78, 5) is 85.5. The highest BCUT2D eigenvalue weighted by atomic mass is 16.8. The summed E-state index contributed by atoms with van der Waals surface area (Å²) in [6, 6.07) is 0. The van der Waals surface area contributed by atoms with Crippen LogP contribution in [-0.4, -0.2) is 123 Å². The van der Waals surface area contributed by atoms with E-state index in [-0.39, 0.29) is 6.61 Å². The SMILES string of the molecule is CCCCCCCCOC1O[C@H](COC(C)=O)[C@@H](O[C@@H]2O[C@H](COC(C)=O)[C@@H](OC(C)=O)[C@H](OC(C)=O)[C@H]2OC(C)=O)[C@H](OC(C)=O)[C@H]1OC(C)=O. The van der Waals surface area contributed by atoms with Gasteiger partial charge in [0.05, 0.1) is 0 Å². The average molecular weight is 749 g/mol. The molecule has 0 aliphatic carbocycles. The number of esters is 7. The standard InChI is InChI=1S/C34H52O18/c1-9-10-11-12-13-14-15-42-33-31(48-23(7)40)30(47-22(6)39)28(26(50-33)17-44-19(3)36)52-34-32(49-24(8)41)29(46-21(5)38)27(45-20(4)37)25(51-34)16-43-18(2)35/h25-34H,9-17H2,1-8H3/t25-,26-,27-,28-,29+,30+,31-,32-,33?,34+/m1/s1. The van der Waals surface area contributed by atoms with Gasteiger partial charge in [0, 0.05) is 55.1 Å². The molecule has 1 unspecified atom stereocenters. The highest BCUT2D eigenvalue weighted by Gasteiger charge is 2.57. The largest absolute Gasteiger partial charge is 0.463 e. The average Bonchev–Trinajstić information content (AvgIpc) is 3.02. The molecule has 10 atom stereocenters. The van der Waals surface area contributed by atoms with Gasteiger partial charge < -0.3 is 52.1 Å². The Morgan fingerprint density at radius 3 is 1.31 bits per heavy atom. The molecule has 2 aliphatic heterocycles. The Morgan fingerprint density at radius 1 is 0.442 bits per heavy atom. The predicted octanol–water partition coefficient (Wildman–Crippen LogP) is 1.98. The highest BCUT2D eigenvalue weighted by molar-refractivity contribution is 5.69. The van der Waals surface area contributed by atoms with Gasteiger partial charge in [-0.2, -0.15) is 0 Å². The summed E-state index contributed by atoms with van der Waals surface area (Å²) >= 11 is 0. The summed E-state index contributed by atoms with van der Waals surface area (Å²) in [5.41, 5.74) is 0. The molecule has 0 bridgehead atoms. The Labute approximate surface area is 302 Å². The van der Waals surface area contributed by atoms with Gasteiger partial charge in [-0.1, -0.05) is 39.0 Å². The molecule has 0 aromatic carbocycles. The molecule has 0 N–H and O–H groups in total. The smallest absolute Gasteiger partial charge is 0.303 e. The van der Waals surface area contributed by atoms with Crippen LogP contribution in [0.1, 0.15) is 93.9 Å². The Hall–Kier alpha value is -3.87. The summed E-state index contributed by atoms with van der Waals surface area (Å²) < 4.78 is 62.6. The number of unbranched alkanes of at least 4 members (excludes halogenated alkanes) is 5. The minimum atomic E-state index is -1.76. The molecule has 2 fully saturated rings. The molecule has 0 radical (unpaired) electrons. The molecule has 0 amide bonds. The van der Waals surface area contributed by atoms with Gasteiger partial charge in [-0.15, -0.1) is 0 Å². The molecule has 296 valence electrons. The van der Waals surface area contributed by atoms with Gasteiger partial charge in [-0.3, -0.25) is 33.6 Å². The predicted molar refractivity (Wildman–Crippen MR) is 173 cm³/mol. The summed E-state index contributed by atoms with van der Waals surface area (Å²) in [6.07, 6.45) is -9.29. The lowest BCUT2D eigenvalue weighted by atomic mass is 9.96. The van der Waals surface area contributed by atoms with Crippen molar-refractivity contribution in [1.29, 1.82) is 0 Å². The molecule has 18 heteroatoms. The number of carbonyl (C=O) groups is 7. The van der Waals surface area contributed by atoms with Crippen LogP contribution in [0.5, 0.6) is 0 Å². The number of ether oxygens (including phenoxy) is 11. The van der Waals surface area contributed by atoms with Gasteiger partial charge in [0.15, 0.2) is 43.1 Å². The van der Waals surface area contributed by atoms with Crippen molar-refractivity contribution in [1.82, 2.24) is 0 Å². The molecule has 0 aromatic heterocycles. The molecular formula is C34H52O18. The second kappa shape index (κ2) is 22.3. The van der Waals surface area contributed by atoms with Crippen LogP contribution < -0.4 is 0 Å². The molecule has 2 rings (SSSR count). The summed E-state index contributed by atoms with van der Waals surface area (Å²) in [5.74, 6) is -5.67. The van der Waals surface area contributed by atoms with E-state index < -0.39 is 116 Å². The van der Waals surface area contributed by atoms with Crippen molar-refractivity contribution in [2.75, 3.05) is 19.8 Å². The van der Waals surface area contributed by atoms with Gasteiger partial charge in [0.2, 0.25) is 0 Å². The van der Waals surface area contributed by atoms with Gasteiger partial charge >= 0.3 is 41.8 Å². The van der Waals surface area contributed by atoms with Crippen molar-refractivity contribution in [2.24, 2.45) is 0 Å². The van der Waals surface area contributed by atoms with Gasteiger partial charge in [-0.05, 0) is 6.42 Å². The lowest BCUT2D eigenvalue weighted by Gasteiger charge is -2.48. The minimum Gasteiger partial charge on any atom is -0.463 e. The van der Waals surface area contributed by atoms with Gasteiger partial charge in [0.25, 0.3) is 0 Å². The van der Waals surface area contributed by atoms with Crippen molar-refractivity contribution in [3.8, 4) is 0 Å². The maximum absolute atomic E-state index is 12.5. The van der Waals surface area contributed by atoms with Crippen LogP contribution in [0, 0.1) is 0 Å². The van der Waals surface area contributed by atoms with E-state index in [0.717, 1.165) is 80.6 Å². The Kier molecular flexibility index (Phi) is 19.0. The van der Waals surface area contributed by atoms with E-state index in [2.05, 4.69) is 6.92 Å². The molecule has 18 nitrogen and oxygen atoms in total. The first-order valence-corrected chi connectivity index (χ1v) is 17.2. The number of rotatable bonds is 19. The van der Waals surface area contributed by atoms with Crippen LogP contribution in [0.2, 0.25) is 0 Å². The van der Waals surface area contributed by atoms with Crippen LogP contribution in [0.25, 0.3) is 0 Å².